The van der Waals surface area contributed by atoms with E-state index >= 15 is 0 Å². The zero-order chi connectivity index (χ0) is 19.6. The number of hydrogen-bond donors (Lipinski definition) is 0. The number of hydrogen-bond acceptors (Lipinski definition) is 6. The predicted octanol–water partition coefficient (Wildman–Crippen LogP) is 3.26. The van der Waals surface area contributed by atoms with Gasteiger partial charge in [0.1, 0.15) is 5.82 Å². The van der Waals surface area contributed by atoms with Crippen LogP contribution in [-0.2, 0) is 9.84 Å². The Balaban J connectivity index is 1.97. The maximum absolute atomic E-state index is 11.9. The summed E-state index contributed by atoms with van der Waals surface area (Å²) in [6.07, 6.45) is 0.637. The van der Waals surface area contributed by atoms with Gasteiger partial charge in [0.25, 0.3) is 0 Å². The van der Waals surface area contributed by atoms with E-state index in [9.17, 15) is 8.42 Å². The van der Waals surface area contributed by atoms with Gasteiger partial charge in [0.05, 0.1) is 11.5 Å². The first kappa shape index (κ1) is 19.6. The molecule has 2 aromatic rings. The fourth-order valence-electron chi connectivity index (χ4n) is 3.66. The van der Waals surface area contributed by atoms with Crippen molar-refractivity contribution in [2.75, 3.05) is 34.4 Å². The highest BCUT2D eigenvalue weighted by molar-refractivity contribution is 7.91. The maximum Gasteiger partial charge on any atom is 0.227 e. The molecule has 6 nitrogen and oxygen atoms in total. The first-order valence-electron chi connectivity index (χ1n) is 9.50. The van der Waals surface area contributed by atoms with Crippen LogP contribution in [0, 0.1) is 13.8 Å². The van der Waals surface area contributed by atoms with Crippen molar-refractivity contribution in [3.8, 4) is 0 Å². The SMILES string of the molecule is CCN(c1cccc(C)c1)c1cc(C)nc(N(CC)C2CCS(=O)(=O)C2)n1. The van der Waals surface area contributed by atoms with Crippen molar-refractivity contribution in [3.63, 3.8) is 0 Å². The standard InChI is InChI=1S/C20H28N4O2S/c1-5-23(17-9-7-8-15(3)12-17)19-13-16(4)21-20(22-19)24(6-2)18-10-11-27(25,26)14-18/h7-9,12-13,18H,5-6,10-11,14H2,1-4H3. The second kappa shape index (κ2) is 7.84. The largest absolute Gasteiger partial charge is 0.337 e. The lowest BCUT2D eigenvalue weighted by Gasteiger charge is -2.29. The molecule has 146 valence electrons. The molecule has 1 aliphatic heterocycles. The van der Waals surface area contributed by atoms with Gasteiger partial charge in [-0.2, -0.15) is 4.98 Å². The predicted molar refractivity (Wildman–Crippen MR) is 111 cm³/mol. The molecule has 1 aliphatic rings. The maximum atomic E-state index is 11.9. The summed E-state index contributed by atoms with van der Waals surface area (Å²) in [5.74, 6) is 1.88. The molecule has 1 fully saturated rings. The average Bonchev–Trinajstić information content (AvgIpc) is 2.95. The summed E-state index contributed by atoms with van der Waals surface area (Å²) in [6, 6.07) is 10.3. The molecule has 7 heteroatoms. The molecular weight excluding hydrogens is 360 g/mol. The van der Waals surface area contributed by atoms with Gasteiger partial charge in [-0.1, -0.05) is 12.1 Å². The van der Waals surface area contributed by atoms with Crippen molar-refractivity contribution >= 4 is 27.3 Å². The van der Waals surface area contributed by atoms with Crippen LogP contribution in [0.1, 0.15) is 31.5 Å². The van der Waals surface area contributed by atoms with Gasteiger partial charge in [-0.15, -0.1) is 0 Å². The lowest BCUT2D eigenvalue weighted by Crippen LogP contribution is -2.37. The number of sulfone groups is 1. The van der Waals surface area contributed by atoms with Gasteiger partial charge in [0.2, 0.25) is 5.95 Å². The smallest absolute Gasteiger partial charge is 0.227 e. The van der Waals surface area contributed by atoms with Gasteiger partial charge < -0.3 is 9.80 Å². The highest BCUT2D eigenvalue weighted by Gasteiger charge is 2.33. The molecule has 1 saturated heterocycles. The highest BCUT2D eigenvalue weighted by Crippen LogP contribution is 2.28. The minimum absolute atomic E-state index is 0.0521. The van der Waals surface area contributed by atoms with Crippen LogP contribution in [0.3, 0.4) is 0 Å². The fraction of sp³-hybridized carbons (Fsp3) is 0.500. The van der Waals surface area contributed by atoms with E-state index in [0.29, 0.717) is 18.9 Å². The zero-order valence-corrected chi connectivity index (χ0v) is 17.3. The Bertz CT molecular complexity index is 914. The molecule has 27 heavy (non-hydrogen) atoms. The summed E-state index contributed by atoms with van der Waals surface area (Å²) in [5.41, 5.74) is 3.16. The van der Waals surface area contributed by atoms with E-state index in [2.05, 4.69) is 41.9 Å². The van der Waals surface area contributed by atoms with Crippen LogP contribution in [-0.4, -0.2) is 49.0 Å². The Morgan fingerprint density at radius 1 is 1.11 bits per heavy atom. The molecule has 0 bridgehead atoms. The van der Waals surface area contributed by atoms with E-state index in [4.69, 9.17) is 4.98 Å². The molecular formula is C20H28N4O2S. The summed E-state index contributed by atoms with van der Waals surface area (Å²) < 4.78 is 23.8. The minimum atomic E-state index is -2.96. The van der Waals surface area contributed by atoms with E-state index < -0.39 is 9.84 Å². The number of aryl methyl sites for hydroxylation is 2. The summed E-state index contributed by atoms with van der Waals surface area (Å²) in [5, 5.41) is 0. The number of benzene rings is 1. The topological polar surface area (TPSA) is 66.4 Å². The number of nitrogens with zero attached hydrogens (tertiary/aromatic N) is 4. The first-order valence-corrected chi connectivity index (χ1v) is 11.3. The Hall–Kier alpha value is -2.15. The molecule has 0 amide bonds. The zero-order valence-electron chi connectivity index (χ0n) is 16.5. The van der Waals surface area contributed by atoms with Crippen molar-refractivity contribution in [3.05, 3.63) is 41.6 Å². The molecule has 3 rings (SSSR count). The number of rotatable bonds is 6. The number of aromatic nitrogens is 2. The van der Waals surface area contributed by atoms with Gasteiger partial charge in [-0.05, 0) is 51.8 Å². The van der Waals surface area contributed by atoms with Gasteiger partial charge in [-0.3, -0.25) is 0 Å². The second-order valence-corrected chi connectivity index (χ2v) is 9.32. The van der Waals surface area contributed by atoms with Crippen molar-refractivity contribution in [1.82, 2.24) is 9.97 Å². The first-order chi connectivity index (χ1) is 12.8. The minimum Gasteiger partial charge on any atom is -0.337 e. The molecule has 0 aliphatic carbocycles. The molecule has 1 atom stereocenters. The van der Waals surface area contributed by atoms with Crippen molar-refractivity contribution in [2.24, 2.45) is 0 Å². The molecule has 2 heterocycles. The summed E-state index contributed by atoms with van der Waals surface area (Å²) >= 11 is 0. The molecule has 0 N–H and O–H groups in total. The van der Waals surface area contributed by atoms with E-state index in [1.165, 1.54) is 5.56 Å². The molecule has 0 spiro atoms. The van der Waals surface area contributed by atoms with Crippen LogP contribution in [0.5, 0.6) is 0 Å². The van der Waals surface area contributed by atoms with Crippen molar-refractivity contribution in [2.45, 2.75) is 40.2 Å². The summed E-state index contributed by atoms with van der Waals surface area (Å²) in [7, 11) is -2.96. The third-order valence-electron chi connectivity index (χ3n) is 4.98. The van der Waals surface area contributed by atoms with Gasteiger partial charge >= 0.3 is 0 Å². The van der Waals surface area contributed by atoms with Gasteiger partial charge in [0, 0.05) is 36.6 Å². The molecule has 1 aromatic carbocycles. The average molecular weight is 389 g/mol. The molecule has 1 aromatic heterocycles. The Morgan fingerprint density at radius 3 is 2.48 bits per heavy atom. The molecule has 0 saturated carbocycles. The summed E-state index contributed by atoms with van der Waals surface area (Å²) in [4.78, 5) is 13.6. The van der Waals surface area contributed by atoms with Crippen LogP contribution < -0.4 is 9.80 Å². The van der Waals surface area contributed by atoms with Crippen molar-refractivity contribution in [1.29, 1.82) is 0 Å². The van der Waals surface area contributed by atoms with E-state index in [0.717, 1.165) is 23.7 Å². The van der Waals surface area contributed by atoms with Crippen LogP contribution in [0.15, 0.2) is 30.3 Å². The Labute approximate surface area is 162 Å². The Kier molecular flexibility index (Phi) is 5.69. The van der Waals surface area contributed by atoms with Gasteiger partial charge in [0.15, 0.2) is 9.84 Å². The summed E-state index contributed by atoms with van der Waals surface area (Å²) in [6.45, 7) is 9.61. The lowest BCUT2D eigenvalue weighted by atomic mass is 10.2. The van der Waals surface area contributed by atoms with Crippen LogP contribution in [0.2, 0.25) is 0 Å². The van der Waals surface area contributed by atoms with Crippen LogP contribution in [0.4, 0.5) is 17.5 Å². The fourth-order valence-corrected chi connectivity index (χ4v) is 5.39. The lowest BCUT2D eigenvalue weighted by molar-refractivity contribution is 0.599. The second-order valence-electron chi connectivity index (χ2n) is 7.09. The van der Waals surface area contributed by atoms with E-state index in [-0.39, 0.29) is 17.5 Å². The van der Waals surface area contributed by atoms with E-state index in [1.54, 1.807) is 0 Å². The monoisotopic (exact) mass is 388 g/mol. The van der Waals surface area contributed by atoms with Crippen LogP contribution in [0.25, 0.3) is 0 Å². The third kappa shape index (κ3) is 4.40. The highest BCUT2D eigenvalue weighted by atomic mass is 32.2. The third-order valence-corrected chi connectivity index (χ3v) is 6.73. The normalized spacial score (nSPS) is 18.4. The molecule has 0 radical (unpaired) electrons. The quantitative estimate of drug-likeness (QED) is 0.757. The molecule has 1 unspecified atom stereocenters. The van der Waals surface area contributed by atoms with E-state index in [1.807, 2.05) is 30.9 Å². The van der Waals surface area contributed by atoms with Crippen LogP contribution >= 0.6 is 0 Å². The van der Waals surface area contributed by atoms with Gasteiger partial charge in [-0.25, -0.2) is 13.4 Å². The number of anilines is 3. The Morgan fingerprint density at radius 2 is 1.89 bits per heavy atom. The van der Waals surface area contributed by atoms with Crippen molar-refractivity contribution < 1.29 is 8.42 Å².